The van der Waals surface area contributed by atoms with Crippen molar-refractivity contribution in [1.82, 2.24) is 5.32 Å². The number of aliphatic hydroxyl groups excluding tert-OH is 8. The highest BCUT2D eigenvalue weighted by molar-refractivity contribution is 5.76. The van der Waals surface area contributed by atoms with E-state index in [1.165, 1.54) is 122 Å². The normalized spacial score (nSPS) is 25.0. The SMILES string of the molecule is CC/C=C\C/C=C\C/C=C\C/C=C\C/C=C\C/C=C\CCCCCCCCCCCCCCCCC(=O)NC(COC1OC(CO)C(OC2OC(CO)C(O)C(O)C2O)C(O)C1O)C(O)/C=C/CCCCCCCCCCCC. The quantitative estimate of drug-likeness (QED) is 0.0204. The molecule has 2 aliphatic rings. The van der Waals surface area contributed by atoms with E-state index in [0.29, 0.717) is 6.42 Å². The van der Waals surface area contributed by atoms with Crippen molar-refractivity contribution in [3.8, 4) is 0 Å². The lowest BCUT2D eigenvalue weighted by Gasteiger charge is -2.46. The number of ether oxygens (including phenoxy) is 4. The average Bonchev–Trinajstić information content (AvgIpc) is 3.49. The van der Waals surface area contributed by atoms with Gasteiger partial charge in [-0.15, -0.1) is 0 Å². The molecular formula is C65H113NO13. The second-order valence-electron chi connectivity index (χ2n) is 21.8. The topological polar surface area (TPSA) is 228 Å². The van der Waals surface area contributed by atoms with E-state index in [-0.39, 0.29) is 18.9 Å². The van der Waals surface area contributed by atoms with Crippen LogP contribution in [0.5, 0.6) is 0 Å². The molecule has 2 rings (SSSR count). The third-order valence-corrected chi connectivity index (χ3v) is 14.8. The lowest BCUT2D eigenvalue weighted by atomic mass is 9.97. The summed E-state index contributed by atoms with van der Waals surface area (Å²) in [6.45, 7) is 2.66. The van der Waals surface area contributed by atoms with Gasteiger partial charge in [-0.1, -0.05) is 234 Å². The molecule has 14 nitrogen and oxygen atoms in total. The molecule has 2 aliphatic heterocycles. The van der Waals surface area contributed by atoms with E-state index in [1.54, 1.807) is 6.08 Å². The second-order valence-corrected chi connectivity index (χ2v) is 21.8. The molecule has 2 fully saturated rings. The lowest BCUT2D eigenvalue weighted by Crippen LogP contribution is -2.65. The van der Waals surface area contributed by atoms with Gasteiger partial charge in [0.05, 0.1) is 32.0 Å². The molecule has 12 atom stereocenters. The van der Waals surface area contributed by atoms with Crippen LogP contribution in [-0.4, -0.2) is 140 Å². The molecule has 1 amide bonds. The number of amides is 1. The highest BCUT2D eigenvalue weighted by Crippen LogP contribution is 2.30. The van der Waals surface area contributed by atoms with Gasteiger partial charge in [0.15, 0.2) is 12.6 Å². The van der Waals surface area contributed by atoms with E-state index in [9.17, 15) is 45.6 Å². The van der Waals surface area contributed by atoms with Crippen LogP contribution in [0.15, 0.2) is 85.1 Å². The standard InChI is InChI=1S/C65H113NO13/c1-3-5-7-9-11-13-15-17-18-19-20-21-22-23-24-25-26-27-28-29-30-31-32-33-34-35-36-37-39-41-43-45-47-49-57(70)66-53(54(69)48-46-44-42-40-38-16-14-12-10-8-6-4-2)52-76-64-62(75)60(73)63(56(51-68)78-64)79-65-61(74)59(72)58(71)55(50-67)77-65/h5,7,11,13,17-18,20-21,23-24,26-27,46,48,53-56,58-65,67-69,71-75H,3-4,6,8-10,12,14-16,19,22,25,28-45,47,49-52H2,1-2H3,(H,66,70)/b7-5-,13-11-,18-17-,21-20-,24-23-,27-26-,48-46+. The summed E-state index contributed by atoms with van der Waals surface area (Å²) < 4.78 is 22.8. The zero-order chi connectivity index (χ0) is 57.4. The predicted octanol–water partition coefficient (Wildman–Crippen LogP) is 11.3. The van der Waals surface area contributed by atoms with Crippen LogP contribution in [0, 0.1) is 0 Å². The van der Waals surface area contributed by atoms with Crippen LogP contribution in [0.1, 0.15) is 226 Å². The fourth-order valence-corrected chi connectivity index (χ4v) is 9.82. The smallest absolute Gasteiger partial charge is 0.220 e. The summed E-state index contributed by atoms with van der Waals surface area (Å²) in [5, 5.41) is 87.0. The van der Waals surface area contributed by atoms with Gasteiger partial charge in [-0.3, -0.25) is 4.79 Å². The molecule has 2 heterocycles. The van der Waals surface area contributed by atoms with Crippen LogP contribution >= 0.6 is 0 Å². The summed E-state index contributed by atoms with van der Waals surface area (Å²) in [6.07, 6.45) is 50.6. The largest absolute Gasteiger partial charge is 0.394 e. The monoisotopic (exact) mass is 1120 g/mol. The maximum absolute atomic E-state index is 13.3. The number of rotatable bonds is 49. The molecule has 0 saturated carbocycles. The average molecular weight is 1120 g/mol. The second kappa shape index (κ2) is 49.8. The van der Waals surface area contributed by atoms with Gasteiger partial charge in [0, 0.05) is 6.42 Å². The fraction of sp³-hybridized carbons (Fsp3) is 0.769. The van der Waals surface area contributed by atoms with Crippen LogP contribution in [0.4, 0.5) is 0 Å². The number of hydrogen-bond acceptors (Lipinski definition) is 13. The van der Waals surface area contributed by atoms with Gasteiger partial charge in [0.25, 0.3) is 0 Å². The molecule has 0 aromatic heterocycles. The number of carbonyl (C=O) groups excluding carboxylic acids is 1. The van der Waals surface area contributed by atoms with Crippen molar-refractivity contribution >= 4 is 5.91 Å². The first kappa shape index (κ1) is 72.3. The number of nitrogens with one attached hydrogen (secondary N) is 1. The lowest BCUT2D eigenvalue weighted by molar-refractivity contribution is -0.359. The number of aliphatic hydroxyl groups is 8. The highest BCUT2D eigenvalue weighted by atomic mass is 16.7. The first-order valence-electron chi connectivity index (χ1n) is 31.3. The zero-order valence-electron chi connectivity index (χ0n) is 49.1. The van der Waals surface area contributed by atoms with Crippen LogP contribution in [0.25, 0.3) is 0 Å². The van der Waals surface area contributed by atoms with E-state index >= 15 is 0 Å². The molecule has 79 heavy (non-hydrogen) atoms. The molecule has 0 aromatic carbocycles. The molecule has 2 saturated heterocycles. The molecule has 0 spiro atoms. The van der Waals surface area contributed by atoms with Gasteiger partial charge in [-0.05, 0) is 70.6 Å². The Hall–Kier alpha value is -2.83. The molecule has 14 heteroatoms. The molecule has 0 aliphatic carbocycles. The number of allylic oxidation sites excluding steroid dienone is 13. The van der Waals surface area contributed by atoms with Crippen molar-refractivity contribution in [2.24, 2.45) is 0 Å². The maximum atomic E-state index is 13.3. The highest BCUT2D eigenvalue weighted by Gasteiger charge is 2.51. The Morgan fingerprint density at radius 1 is 0.468 bits per heavy atom. The Labute approximate surface area is 478 Å². The first-order chi connectivity index (χ1) is 38.6. The van der Waals surface area contributed by atoms with E-state index in [0.717, 1.165) is 77.0 Å². The summed E-state index contributed by atoms with van der Waals surface area (Å²) in [7, 11) is 0. The summed E-state index contributed by atoms with van der Waals surface area (Å²) >= 11 is 0. The van der Waals surface area contributed by atoms with Crippen molar-refractivity contribution in [2.45, 2.75) is 299 Å². The van der Waals surface area contributed by atoms with E-state index in [2.05, 4.69) is 92.1 Å². The third-order valence-electron chi connectivity index (χ3n) is 14.8. The van der Waals surface area contributed by atoms with E-state index in [4.69, 9.17) is 18.9 Å². The zero-order valence-corrected chi connectivity index (χ0v) is 49.1. The van der Waals surface area contributed by atoms with Crippen LogP contribution < -0.4 is 5.32 Å². The van der Waals surface area contributed by atoms with Crippen molar-refractivity contribution in [3.05, 3.63) is 85.1 Å². The molecule has 12 unspecified atom stereocenters. The Morgan fingerprint density at radius 2 is 0.873 bits per heavy atom. The Bertz CT molecular complexity index is 1650. The van der Waals surface area contributed by atoms with Gasteiger partial charge >= 0.3 is 0 Å². The summed E-state index contributed by atoms with van der Waals surface area (Å²) in [4.78, 5) is 13.3. The van der Waals surface area contributed by atoms with E-state index < -0.39 is 86.8 Å². The summed E-state index contributed by atoms with van der Waals surface area (Å²) in [6, 6.07) is -0.918. The minimum Gasteiger partial charge on any atom is -0.394 e. The number of carbonyl (C=O) groups is 1. The van der Waals surface area contributed by atoms with Gasteiger partial charge in [-0.2, -0.15) is 0 Å². The Kier molecular flexibility index (Phi) is 45.5. The van der Waals surface area contributed by atoms with Crippen LogP contribution in [-0.2, 0) is 23.7 Å². The van der Waals surface area contributed by atoms with Crippen molar-refractivity contribution in [2.75, 3.05) is 19.8 Å². The summed E-state index contributed by atoms with van der Waals surface area (Å²) in [5.41, 5.74) is 0. The van der Waals surface area contributed by atoms with Crippen LogP contribution in [0.3, 0.4) is 0 Å². The third kappa shape index (κ3) is 35.0. The molecule has 9 N–H and O–H groups in total. The minimum absolute atomic E-state index is 0.244. The van der Waals surface area contributed by atoms with Crippen molar-refractivity contribution in [3.63, 3.8) is 0 Å². The van der Waals surface area contributed by atoms with Crippen molar-refractivity contribution in [1.29, 1.82) is 0 Å². The maximum Gasteiger partial charge on any atom is 0.220 e. The Balaban J connectivity index is 1.64. The van der Waals surface area contributed by atoms with Gasteiger partial charge in [-0.25, -0.2) is 0 Å². The molecule has 456 valence electrons. The van der Waals surface area contributed by atoms with Crippen LogP contribution in [0.2, 0.25) is 0 Å². The Morgan fingerprint density at radius 3 is 1.34 bits per heavy atom. The number of hydrogen-bond donors (Lipinski definition) is 9. The molecular weight excluding hydrogens is 1000 g/mol. The first-order valence-corrected chi connectivity index (χ1v) is 31.3. The van der Waals surface area contributed by atoms with E-state index in [1.807, 2.05) is 6.08 Å². The van der Waals surface area contributed by atoms with Crippen molar-refractivity contribution < 1.29 is 64.6 Å². The summed E-state index contributed by atoms with van der Waals surface area (Å²) in [5.74, 6) is -0.244. The fourth-order valence-electron chi connectivity index (χ4n) is 9.82. The van der Waals surface area contributed by atoms with Gasteiger partial charge in [0.2, 0.25) is 5.91 Å². The minimum atomic E-state index is -1.79. The predicted molar refractivity (Wildman–Crippen MR) is 318 cm³/mol. The van der Waals surface area contributed by atoms with Gasteiger partial charge in [0.1, 0.15) is 48.8 Å². The molecule has 0 aromatic rings. The molecule has 0 bridgehead atoms. The number of unbranched alkanes of at least 4 members (excludes halogenated alkanes) is 24. The van der Waals surface area contributed by atoms with Gasteiger partial charge < -0.3 is 65.1 Å². The molecule has 0 radical (unpaired) electrons.